The van der Waals surface area contributed by atoms with E-state index in [-0.39, 0.29) is 31.6 Å². The molecule has 0 spiro atoms. The van der Waals surface area contributed by atoms with Crippen LogP contribution in [0.15, 0.2) is 122 Å². The Labute approximate surface area is 392 Å². The first-order valence-electron chi connectivity index (χ1n) is 25.5. The quantitative estimate of drug-likeness (QED) is 0.0262. The van der Waals surface area contributed by atoms with Gasteiger partial charge in [0.15, 0.2) is 6.10 Å². The lowest BCUT2D eigenvalue weighted by atomic mass is 10.1. The van der Waals surface area contributed by atoms with Crippen molar-refractivity contribution in [3.63, 3.8) is 0 Å². The van der Waals surface area contributed by atoms with Crippen molar-refractivity contribution in [1.82, 2.24) is 0 Å². The smallest absolute Gasteiger partial charge is 0.306 e. The summed E-state index contributed by atoms with van der Waals surface area (Å²) in [5.74, 6) is -1.05. The predicted octanol–water partition coefficient (Wildman–Crippen LogP) is 16.9. The summed E-state index contributed by atoms with van der Waals surface area (Å²) in [5.41, 5.74) is 0. The number of ether oxygens (including phenoxy) is 3. The van der Waals surface area contributed by atoms with Gasteiger partial charge in [0.1, 0.15) is 13.2 Å². The number of hydrogen-bond acceptors (Lipinski definition) is 6. The van der Waals surface area contributed by atoms with Crippen LogP contribution in [0.3, 0.4) is 0 Å². The Morgan fingerprint density at radius 3 is 1.02 bits per heavy atom. The highest BCUT2D eigenvalue weighted by atomic mass is 16.6. The Bertz CT molecular complexity index is 1390. The Kier molecular flexibility index (Phi) is 48.1. The Morgan fingerprint density at radius 2 is 0.641 bits per heavy atom. The normalized spacial score (nSPS) is 13.1. The first kappa shape index (κ1) is 59.8. The molecule has 0 aromatic rings. The molecule has 0 amide bonds. The zero-order chi connectivity index (χ0) is 46.5. The van der Waals surface area contributed by atoms with E-state index in [0.717, 1.165) is 109 Å². The van der Waals surface area contributed by atoms with Crippen LogP contribution in [-0.4, -0.2) is 37.2 Å². The van der Waals surface area contributed by atoms with Crippen LogP contribution < -0.4 is 0 Å². The first-order valence-corrected chi connectivity index (χ1v) is 25.5. The number of rotatable bonds is 44. The maximum atomic E-state index is 12.8. The maximum Gasteiger partial charge on any atom is 0.306 e. The van der Waals surface area contributed by atoms with Crippen LogP contribution in [0.25, 0.3) is 0 Å². The van der Waals surface area contributed by atoms with E-state index in [0.29, 0.717) is 19.3 Å². The molecule has 0 saturated carbocycles. The molecule has 6 heteroatoms. The van der Waals surface area contributed by atoms with E-state index in [2.05, 4.69) is 130 Å². The van der Waals surface area contributed by atoms with Crippen molar-refractivity contribution in [2.75, 3.05) is 13.2 Å². The minimum absolute atomic E-state index is 0.120. The summed E-state index contributed by atoms with van der Waals surface area (Å²) in [6.07, 6.45) is 70.5. The van der Waals surface area contributed by atoms with Gasteiger partial charge in [-0.15, -0.1) is 0 Å². The molecule has 360 valence electrons. The molecular weight excluding hydrogens is 793 g/mol. The number of allylic oxidation sites excluding steroid dienone is 20. The molecule has 0 fully saturated rings. The zero-order valence-corrected chi connectivity index (χ0v) is 41.0. The van der Waals surface area contributed by atoms with Gasteiger partial charge in [-0.25, -0.2) is 0 Å². The van der Waals surface area contributed by atoms with Gasteiger partial charge in [-0.3, -0.25) is 14.4 Å². The fraction of sp³-hybridized carbons (Fsp3) is 0.603. The molecule has 0 radical (unpaired) electrons. The lowest BCUT2D eigenvalue weighted by Gasteiger charge is -2.18. The number of hydrogen-bond donors (Lipinski definition) is 0. The fourth-order valence-electron chi connectivity index (χ4n) is 6.46. The summed E-state index contributed by atoms with van der Waals surface area (Å²) < 4.78 is 16.7. The Balaban J connectivity index is 4.55. The van der Waals surface area contributed by atoms with Crippen LogP contribution in [0, 0.1) is 0 Å². The molecule has 0 saturated heterocycles. The third kappa shape index (κ3) is 48.8. The lowest BCUT2D eigenvalue weighted by Crippen LogP contribution is -2.30. The molecule has 0 bridgehead atoms. The predicted molar refractivity (Wildman–Crippen MR) is 274 cm³/mol. The minimum Gasteiger partial charge on any atom is -0.462 e. The molecule has 0 N–H and O–H groups in total. The van der Waals surface area contributed by atoms with Gasteiger partial charge in [-0.2, -0.15) is 0 Å². The molecule has 0 aliphatic heterocycles. The highest BCUT2D eigenvalue weighted by Gasteiger charge is 2.19. The fourth-order valence-corrected chi connectivity index (χ4v) is 6.46. The second-order valence-corrected chi connectivity index (χ2v) is 16.3. The van der Waals surface area contributed by atoms with Gasteiger partial charge in [0.2, 0.25) is 0 Å². The van der Waals surface area contributed by atoms with Gasteiger partial charge in [0, 0.05) is 19.3 Å². The van der Waals surface area contributed by atoms with Gasteiger partial charge in [-0.05, 0) is 96.3 Å². The average molecular weight is 885 g/mol. The first-order chi connectivity index (χ1) is 31.5. The molecule has 1 atom stereocenters. The van der Waals surface area contributed by atoms with E-state index >= 15 is 0 Å². The SMILES string of the molecule is CC/C=C\C/C=C\C/C=C\C/C=C\C/C=C\CCCCCC(=O)OCC(COC(=O)CCCCCCCCCCCCC)OC(=O)CC/C=C\C/C=C\C/C=C\C/C=C\C/C=C\CC. The van der Waals surface area contributed by atoms with Gasteiger partial charge < -0.3 is 14.2 Å². The Hall–Kier alpha value is -4.19. The van der Waals surface area contributed by atoms with Crippen LogP contribution in [0.1, 0.15) is 207 Å². The van der Waals surface area contributed by atoms with Gasteiger partial charge in [-0.1, -0.05) is 213 Å². The molecule has 0 aliphatic rings. The molecule has 0 aromatic carbocycles. The summed E-state index contributed by atoms with van der Waals surface area (Å²) in [6.45, 7) is 6.29. The molecule has 0 rings (SSSR count). The van der Waals surface area contributed by atoms with Crippen LogP contribution in [0.2, 0.25) is 0 Å². The van der Waals surface area contributed by atoms with Gasteiger partial charge >= 0.3 is 17.9 Å². The van der Waals surface area contributed by atoms with E-state index in [1.54, 1.807) is 0 Å². The molecule has 0 aliphatic carbocycles. The van der Waals surface area contributed by atoms with Crippen molar-refractivity contribution >= 4 is 17.9 Å². The van der Waals surface area contributed by atoms with Crippen molar-refractivity contribution < 1.29 is 28.6 Å². The third-order valence-corrected chi connectivity index (χ3v) is 10.2. The summed E-state index contributed by atoms with van der Waals surface area (Å²) in [6, 6.07) is 0. The summed E-state index contributed by atoms with van der Waals surface area (Å²) in [4.78, 5) is 37.9. The average Bonchev–Trinajstić information content (AvgIpc) is 3.29. The molecular formula is C58H92O6. The van der Waals surface area contributed by atoms with E-state index in [9.17, 15) is 14.4 Å². The van der Waals surface area contributed by atoms with Crippen LogP contribution in [0.5, 0.6) is 0 Å². The molecule has 1 unspecified atom stereocenters. The monoisotopic (exact) mass is 885 g/mol. The maximum absolute atomic E-state index is 12.8. The highest BCUT2D eigenvalue weighted by Crippen LogP contribution is 2.13. The van der Waals surface area contributed by atoms with Crippen LogP contribution in [0.4, 0.5) is 0 Å². The van der Waals surface area contributed by atoms with Crippen molar-refractivity contribution in [2.45, 2.75) is 213 Å². The van der Waals surface area contributed by atoms with E-state index < -0.39 is 12.1 Å². The van der Waals surface area contributed by atoms with E-state index in [1.165, 1.54) is 51.4 Å². The molecule has 64 heavy (non-hydrogen) atoms. The van der Waals surface area contributed by atoms with E-state index in [4.69, 9.17) is 14.2 Å². The van der Waals surface area contributed by atoms with Crippen molar-refractivity contribution in [3.05, 3.63) is 122 Å². The summed E-state index contributed by atoms with van der Waals surface area (Å²) >= 11 is 0. The van der Waals surface area contributed by atoms with Crippen molar-refractivity contribution in [2.24, 2.45) is 0 Å². The van der Waals surface area contributed by atoms with Crippen molar-refractivity contribution in [3.8, 4) is 0 Å². The number of unbranched alkanes of at least 4 members (excludes halogenated alkanes) is 13. The largest absolute Gasteiger partial charge is 0.462 e. The zero-order valence-electron chi connectivity index (χ0n) is 41.0. The summed E-state index contributed by atoms with van der Waals surface area (Å²) in [5, 5.41) is 0. The van der Waals surface area contributed by atoms with Crippen LogP contribution in [-0.2, 0) is 28.6 Å². The van der Waals surface area contributed by atoms with Gasteiger partial charge in [0.25, 0.3) is 0 Å². The van der Waals surface area contributed by atoms with Gasteiger partial charge in [0.05, 0.1) is 0 Å². The molecule has 0 heterocycles. The second-order valence-electron chi connectivity index (χ2n) is 16.3. The highest BCUT2D eigenvalue weighted by molar-refractivity contribution is 5.71. The molecule has 0 aromatic heterocycles. The number of carbonyl (C=O) groups is 3. The minimum atomic E-state index is -0.832. The standard InChI is InChI=1S/C58H92O6/c1-4-7-10-13-16-19-22-24-26-28-29-30-32-33-36-39-42-45-48-51-57(60)63-54-55(53-62-56(59)50-47-44-41-38-35-21-18-15-12-9-6-3)64-58(61)52-49-46-43-40-37-34-31-27-25-23-20-17-14-11-8-5-2/h7-8,10-11,16-17,19-20,24-27,29-30,33-34,36-37,43,46,55H,4-6,9,12-15,18,21-23,28,31-32,35,38-42,44-45,47-54H2,1-3H3/b10-7-,11-8-,19-16-,20-17-,26-24-,27-25-,30-29-,36-33-,37-34-,46-43-. The van der Waals surface area contributed by atoms with Crippen molar-refractivity contribution in [1.29, 1.82) is 0 Å². The molecule has 6 nitrogen and oxygen atoms in total. The van der Waals surface area contributed by atoms with E-state index in [1.807, 2.05) is 12.2 Å². The second kappa shape index (κ2) is 51.4. The lowest BCUT2D eigenvalue weighted by molar-refractivity contribution is -0.166. The van der Waals surface area contributed by atoms with Crippen LogP contribution >= 0.6 is 0 Å². The number of carbonyl (C=O) groups excluding carboxylic acids is 3. The number of esters is 3. The topological polar surface area (TPSA) is 78.9 Å². The third-order valence-electron chi connectivity index (χ3n) is 10.2. The summed E-state index contributed by atoms with van der Waals surface area (Å²) in [7, 11) is 0. The Morgan fingerprint density at radius 1 is 0.328 bits per heavy atom.